The van der Waals surface area contributed by atoms with Crippen LogP contribution in [0.1, 0.15) is 35.1 Å². The number of aromatic nitrogens is 5. The SMILES string of the molecule is Cn1nc(C2CCCN(C(=O)c3cc(-c4ccc5c(c4)OCO5)n[nH]3)C2)n(-c2ccccc2)c1=O. The summed E-state index contributed by atoms with van der Waals surface area (Å²) in [5, 5.41) is 11.8. The molecule has 178 valence electrons. The van der Waals surface area contributed by atoms with Gasteiger partial charge in [-0.15, -0.1) is 0 Å². The van der Waals surface area contributed by atoms with Crippen molar-refractivity contribution in [2.24, 2.45) is 7.05 Å². The highest BCUT2D eigenvalue weighted by atomic mass is 16.7. The molecule has 1 saturated heterocycles. The fourth-order valence-corrected chi connectivity index (χ4v) is 4.75. The first kappa shape index (κ1) is 21.2. The van der Waals surface area contributed by atoms with Gasteiger partial charge in [-0.1, -0.05) is 18.2 Å². The second kappa shape index (κ2) is 8.46. The molecule has 1 amide bonds. The molecule has 2 aliphatic heterocycles. The molecule has 1 N–H and O–H groups in total. The van der Waals surface area contributed by atoms with Crippen LogP contribution in [-0.2, 0) is 7.05 Å². The van der Waals surface area contributed by atoms with Gasteiger partial charge in [-0.2, -0.15) is 10.2 Å². The number of aromatic amines is 1. The van der Waals surface area contributed by atoms with Crippen molar-refractivity contribution in [3.8, 4) is 28.4 Å². The molecular formula is C25H24N6O4. The lowest BCUT2D eigenvalue weighted by molar-refractivity contribution is 0.0697. The quantitative estimate of drug-likeness (QED) is 0.489. The van der Waals surface area contributed by atoms with E-state index in [9.17, 15) is 9.59 Å². The second-order valence-electron chi connectivity index (χ2n) is 8.76. The van der Waals surface area contributed by atoms with E-state index in [2.05, 4.69) is 15.3 Å². The summed E-state index contributed by atoms with van der Waals surface area (Å²) in [7, 11) is 1.65. The lowest BCUT2D eigenvalue weighted by atomic mass is 9.96. The monoisotopic (exact) mass is 472 g/mol. The zero-order chi connectivity index (χ0) is 23.9. The predicted octanol–water partition coefficient (Wildman–Crippen LogP) is 2.71. The number of amides is 1. The van der Waals surface area contributed by atoms with Crippen LogP contribution in [0.2, 0.25) is 0 Å². The Balaban J connectivity index is 1.24. The summed E-state index contributed by atoms with van der Waals surface area (Å²) in [6, 6.07) is 16.8. The number of rotatable bonds is 4. The maximum Gasteiger partial charge on any atom is 0.350 e. The highest BCUT2D eigenvalue weighted by Gasteiger charge is 2.31. The van der Waals surface area contributed by atoms with Gasteiger partial charge in [-0.25, -0.2) is 14.0 Å². The van der Waals surface area contributed by atoms with Crippen LogP contribution in [0.25, 0.3) is 16.9 Å². The number of aryl methyl sites for hydroxylation is 1. The van der Waals surface area contributed by atoms with Crippen LogP contribution in [0.15, 0.2) is 59.4 Å². The number of nitrogens with one attached hydrogen (secondary N) is 1. The van der Waals surface area contributed by atoms with E-state index in [0.717, 1.165) is 24.1 Å². The van der Waals surface area contributed by atoms with Gasteiger partial charge >= 0.3 is 5.69 Å². The molecule has 1 unspecified atom stereocenters. The fraction of sp³-hybridized carbons (Fsp3) is 0.280. The maximum atomic E-state index is 13.4. The third kappa shape index (κ3) is 3.76. The van der Waals surface area contributed by atoms with Crippen LogP contribution >= 0.6 is 0 Å². The number of nitrogens with zero attached hydrogens (tertiary/aromatic N) is 5. The molecule has 4 heterocycles. The van der Waals surface area contributed by atoms with Crippen molar-refractivity contribution >= 4 is 5.91 Å². The molecule has 0 saturated carbocycles. The normalized spacial score (nSPS) is 17.1. The average molecular weight is 473 g/mol. The van der Waals surface area contributed by atoms with Gasteiger partial charge < -0.3 is 14.4 Å². The van der Waals surface area contributed by atoms with E-state index in [0.29, 0.717) is 41.8 Å². The van der Waals surface area contributed by atoms with Crippen LogP contribution in [0.4, 0.5) is 0 Å². The molecule has 0 radical (unpaired) electrons. The summed E-state index contributed by atoms with van der Waals surface area (Å²) >= 11 is 0. The third-order valence-electron chi connectivity index (χ3n) is 6.51. The van der Waals surface area contributed by atoms with E-state index in [4.69, 9.17) is 9.47 Å². The predicted molar refractivity (Wildman–Crippen MR) is 127 cm³/mol. The fourth-order valence-electron chi connectivity index (χ4n) is 4.75. The van der Waals surface area contributed by atoms with Crippen molar-refractivity contribution in [3.63, 3.8) is 0 Å². The molecule has 2 aromatic carbocycles. The highest BCUT2D eigenvalue weighted by Crippen LogP contribution is 2.35. The minimum atomic E-state index is -0.198. The first-order valence-corrected chi connectivity index (χ1v) is 11.5. The number of ether oxygens (including phenoxy) is 2. The van der Waals surface area contributed by atoms with Crippen molar-refractivity contribution in [1.82, 2.24) is 29.4 Å². The van der Waals surface area contributed by atoms with Gasteiger partial charge in [0.2, 0.25) is 6.79 Å². The zero-order valence-electron chi connectivity index (χ0n) is 19.2. The number of hydrogen-bond donors (Lipinski definition) is 1. The van der Waals surface area contributed by atoms with Crippen molar-refractivity contribution in [1.29, 1.82) is 0 Å². The molecule has 0 bridgehead atoms. The van der Waals surface area contributed by atoms with Gasteiger partial charge in [-0.05, 0) is 49.2 Å². The van der Waals surface area contributed by atoms with Gasteiger partial charge in [0.05, 0.1) is 11.4 Å². The molecule has 1 atom stereocenters. The Hall–Kier alpha value is -4.34. The topological polar surface area (TPSA) is 107 Å². The molecule has 0 spiro atoms. The Kier molecular flexibility index (Phi) is 5.13. The minimum Gasteiger partial charge on any atom is -0.454 e. The molecule has 4 aromatic rings. The summed E-state index contributed by atoms with van der Waals surface area (Å²) < 4.78 is 13.8. The van der Waals surface area contributed by atoms with Crippen LogP contribution in [0.5, 0.6) is 11.5 Å². The molecule has 0 aliphatic carbocycles. The number of carbonyl (C=O) groups excluding carboxylic acids is 1. The van der Waals surface area contributed by atoms with E-state index in [1.165, 1.54) is 4.68 Å². The number of piperidine rings is 1. The maximum absolute atomic E-state index is 13.4. The third-order valence-corrected chi connectivity index (χ3v) is 6.51. The lowest BCUT2D eigenvalue weighted by Crippen LogP contribution is -2.40. The number of H-pyrrole nitrogens is 1. The molecular weight excluding hydrogens is 448 g/mol. The number of likely N-dealkylation sites (tertiary alicyclic amines) is 1. The van der Waals surface area contributed by atoms with E-state index < -0.39 is 0 Å². The van der Waals surface area contributed by atoms with Gasteiger partial charge in [0.1, 0.15) is 11.5 Å². The van der Waals surface area contributed by atoms with E-state index >= 15 is 0 Å². The number of hydrogen-bond acceptors (Lipinski definition) is 6. The Morgan fingerprint density at radius 2 is 1.91 bits per heavy atom. The zero-order valence-corrected chi connectivity index (χ0v) is 19.2. The van der Waals surface area contributed by atoms with Crippen molar-refractivity contribution in [2.75, 3.05) is 19.9 Å². The van der Waals surface area contributed by atoms with E-state index in [1.54, 1.807) is 22.6 Å². The summed E-state index contributed by atoms with van der Waals surface area (Å²) in [5.74, 6) is 1.85. The number of benzene rings is 2. The summed E-state index contributed by atoms with van der Waals surface area (Å²) in [6.45, 7) is 1.31. The Labute approximate surface area is 200 Å². The first-order chi connectivity index (χ1) is 17.1. The summed E-state index contributed by atoms with van der Waals surface area (Å²) in [6.07, 6.45) is 1.66. The molecule has 10 heteroatoms. The molecule has 10 nitrogen and oxygen atoms in total. The Morgan fingerprint density at radius 3 is 2.77 bits per heavy atom. The molecule has 35 heavy (non-hydrogen) atoms. The van der Waals surface area contributed by atoms with Crippen LogP contribution in [0.3, 0.4) is 0 Å². The van der Waals surface area contributed by atoms with Gasteiger partial charge in [0, 0.05) is 31.6 Å². The van der Waals surface area contributed by atoms with Crippen LogP contribution < -0.4 is 15.2 Å². The smallest absolute Gasteiger partial charge is 0.350 e. The Morgan fingerprint density at radius 1 is 1.09 bits per heavy atom. The number of fused-ring (bicyclic) bond motifs is 1. The lowest BCUT2D eigenvalue weighted by Gasteiger charge is -2.32. The van der Waals surface area contributed by atoms with E-state index in [1.807, 2.05) is 48.5 Å². The van der Waals surface area contributed by atoms with Crippen molar-refractivity contribution < 1.29 is 14.3 Å². The molecule has 2 aliphatic rings. The van der Waals surface area contributed by atoms with Gasteiger partial charge in [0.15, 0.2) is 11.5 Å². The summed E-state index contributed by atoms with van der Waals surface area (Å²) in [4.78, 5) is 28.0. The first-order valence-electron chi connectivity index (χ1n) is 11.5. The highest BCUT2D eigenvalue weighted by molar-refractivity contribution is 5.93. The van der Waals surface area contributed by atoms with Crippen molar-refractivity contribution in [2.45, 2.75) is 18.8 Å². The van der Waals surface area contributed by atoms with Gasteiger partial charge in [-0.3, -0.25) is 9.89 Å². The van der Waals surface area contributed by atoms with Crippen molar-refractivity contribution in [3.05, 3.63) is 76.6 Å². The molecule has 2 aromatic heterocycles. The number of para-hydroxylation sites is 1. The average Bonchev–Trinajstić information content (AvgIpc) is 3.63. The summed E-state index contributed by atoms with van der Waals surface area (Å²) in [5.41, 5.74) is 2.48. The minimum absolute atomic E-state index is 0.0574. The Bertz CT molecular complexity index is 1450. The standard InChI is InChI=1S/C25H24N6O4/c1-29-25(33)31(18-7-3-2-4-8-18)23(28-29)17-6-5-11-30(14-17)24(32)20-13-19(26-27-20)16-9-10-21-22(12-16)35-15-34-21/h2-4,7-10,12-13,17H,5-6,11,14-15H2,1H3,(H,26,27). The van der Waals surface area contributed by atoms with Crippen LogP contribution in [0, 0.1) is 0 Å². The van der Waals surface area contributed by atoms with Crippen LogP contribution in [-0.4, -0.2) is 55.2 Å². The molecule has 1 fully saturated rings. The number of carbonyl (C=O) groups is 1. The molecule has 6 rings (SSSR count). The second-order valence-corrected chi connectivity index (χ2v) is 8.76. The largest absolute Gasteiger partial charge is 0.454 e. The van der Waals surface area contributed by atoms with Gasteiger partial charge in [0.25, 0.3) is 5.91 Å². The van der Waals surface area contributed by atoms with E-state index in [-0.39, 0.29) is 24.3 Å².